The van der Waals surface area contributed by atoms with Gasteiger partial charge in [0.1, 0.15) is 5.76 Å². The predicted octanol–water partition coefficient (Wildman–Crippen LogP) is 1.77. The number of hydrogen-bond acceptors (Lipinski definition) is 4. The molecule has 0 atom stereocenters. The van der Waals surface area contributed by atoms with Gasteiger partial charge in [-0.05, 0) is 54.6 Å². The van der Waals surface area contributed by atoms with Crippen LogP contribution in [-0.4, -0.2) is 56.1 Å². The van der Waals surface area contributed by atoms with E-state index in [0.717, 1.165) is 23.5 Å². The largest absolute Gasteiger partial charge is 0.453 e. The van der Waals surface area contributed by atoms with E-state index in [9.17, 15) is 0 Å². The summed E-state index contributed by atoms with van der Waals surface area (Å²) in [7, 11) is 2.19. The minimum atomic E-state index is 0.803. The molecule has 2 heterocycles. The van der Waals surface area contributed by atoms with Gasteiger partial charge >= 0.3 is 0 Å². The molecule has 4 nitrogen and oxygen atoms in total. The van der Waals surface area contributed by atoms with Crippen LogP contribution in [0.1, 0.15) is 12.2 Å². The third kappa shape index (κ3) is 4.72. The van der Waals surface area contributed by atoms with Gasteiger partial charge in [0.05, 0.1) is 6.54 Å². The Kier molecular flexibility index (Phi) is 5.69. The zero-order chi connectivity index (χ0) is 12.8. The van der Waals surface area contributed by atoms with E-state index < -0.39 is 0 Å². The number of hydrogen-bond donors (Lipinski definition) is 1. The number of halogens is 1. The Morgan fingerprint density at radius 1 is 1.28 bits per heavy atom. The van der Waals surface area contributed by atoms with Crippen molar-refractivity contribution in [2.75, 3.05) is 46.3 Å². The fourth-order valence-electron chi connectivity index (χ4n) is 2.16. The Morgan fingerprint density at radius 3 is 2.72 bits per heavy atom. The first kappa shape index (κ1) is 14.1. The lowest BCUT2D eigenvalue weighted by molar-refractivity contribution is 0.152. The molecule has 102 valence electrons. The Hall–Kier alpha value is -0.360. The van der Waals surface area contributed by atoms with Crippen LogP contribution in [0, 0.1) is 0 Å². The van der Waals surface area contributed by atoms with Crippen molar-refractivity contribution in [3.63, 3.8) is 0 Å². The highest BCUT2D eigenvalue weighted by molar-refractivity contribution is 9.10. The van der Waals surface area contributed by atoms with Gasteiger partial charge in [-0.3, -0.25) is 0 Å². The molecule has 0 aromatic carbocycles. The maximum Gasteiger partial charge on any atom is 0.169 e. The molecule has 1 N–H and O–H groups in total. The maximum atomic E-state index is 5.43. The number of nitrogens with one attached hydrogen (secondary N) is 1. The second-order valence-electron chi connectivity index (χ2n) is 4.88. The topological polar surface area (TPSA) is 31.6 Å². The molecule has 0 spiro atoms. The van der Waals surface area contributed by atoms with Crippen molar-refractivity contribution in [2.24, 2.45) is 0 Å². The average Bonchev–Trinajstić information content (AvgIpc) is 2.77. The van der Waals surface area contributed by atoms with E-state index in [1.54, 1.807) is 0 Å². The molecule has 18 heavy (non-hydrogen) atoms. The molecule has 0 saturated carbocycles. The second-order valence-corrected chi connectivity index (χ2v) is 5.66. The molecule has 1 aromatic rings. The first-order valence-corrected chi connectivity index (χ1v) is 7.39. The highest BCUT2D eigenvalue weighted by Gasteiger charge is 2.12. The van der Waals surface area contributed by atoms with Gasteiger partial charge in [-0.15, -0.1) is 0 Å². The zero-order valence-corrected chi connectivity index (χ0v) is 12.6. The summed E-state index contributed by atoms with van der Waals surface area (Å²) in [4.78, 5) is 4.94. The first-order valence-electron chi connectivity index (χ1n) is 6.60. The molecular weight excluding hydrogens is 294 g/mol. The standard InChI is InChI=1S/C13H22BrN3O/c1-16-7-9-17(10-8-16)6-2-5-15-11-12-3-4-13(14)18-12/h3-4,15H,2,5-11H2,1H3. The molecule has 1 aromatic heterocycles. The number of rotatable bonds is 6. The number of furan rings is 1. The van der Waals surface area contributed by atoms with E-state index >= 15 is 0 Å². The average molecular weight is 316 g/mol. The van der Waals surface area contributed by atoms with Crippen LogP contribution < -0.4 is 5.32 Å². The van der Waals surface area contributed by atoms with E-state index in [1.165, 1.54) is 39.1 Å². The Morgan fingerprint density at radius 2 is 2.06 bits per heavy atom. The highest BCUT2D eigenvalue weighted by Crippen LogP contribution is 2.13. The molecule has 0 aliphatic carbocycles. The molecule has 1 aliphatic rings. The lowest BCUT2D eigenvalue weighted by Crippen LogP contribution is -2.45. The summed E-state index contributed by atoms with van der Waals surface area (Å²) >= 11 is 3.31. The van der Waals surface area contributed by atoms with Crippen LogP contribution >= 0.6 is 15.9 Å². The summed E-state index contributed by atoms with van der Waals surface area (Å²) in [5.74, 6) is 0.987. The van der Waals surface area contributed by atoms with Crippen LogP contribution in [0.3, 0.4) is 0 Å². The minimum absolute atomic E-state index is 0.803. The number of nitrogens with zero attached hydrogens (tertiary/aromatic N) is 2. The van der Waals surface area contributed by atoms with Crippen LogP contribution in [-0.2, 0) is 6.54 Å². The molecule has 1 fully saturated rings. The van der Waals surface area contributed by atoms with Crippen LogP contribution in [0.4, 0.5) is 0 Å². The van der Waals surface area contributed by atoms with Gasteiger partial charge < -0.3 is 19.5 Å². The highest BCUT2D eigenvalue weighted by atomic mass is 79.9. The van der Waals surface area contributed by atoms with Crippen LogP contribution in [0.15, 0.2) is 21.2 Å². The van der Waals surface area contributed by atoms with Crippen LogP contribution in [0.2, 0.25) is 0 Å². The van der Waals surface area contributed by atoms with Crippen molar-refractivity contribution < 1.29 is 4.42 Å². The monoisotopic (exact) mass is 315 g/mol. The van der Waals surface area contributed by atoms with E-state index in [1.807, 2.05) is 12.1 Å². The fraction of sp³-hybridized carbons (Fsp3) is 0.692. The molecule has 0 amide bonds. The Bertz CT molecular complexity index is 348. The van der Waals surface area contributed by atoms with Gasteiger partial charge in [0.2, 0.25) is 0 Å². The summed E-state index contributed by atoms with van der Waals surface area (Å²) in [5.41, 5.74) is 0. The second kappa shape index (κ2) is 7.28. The Labute approximate surface area is 117 Å². The summed E-state index contributed by atoms with van der Waals surface area (Å²) in [6, 6.07) is 3.93. The van der Waals surface area contributed by atoms with Crippen molar-refractivity contribution in [1.29, 1.82) is 0 Å². The predicted molar refractivity (Wildman–Crippen MR) is 76.7 cm³/mol. The van der Waals surface area contributed by atoms with Gasteiger partial charge in [-0.25, -0.2) is 0 Å². The van der Waals surface area contributed by atoms with Gasteiger partial charge in [0.15, 0.2) is 4.67 Å². The van der Waals surface area contributed by atoms with Gasteiger partial charge in [-0.2, -0.15) is 0 Å². The summed E-state index contributed by atoms with van der Waals surface area (Å²) in [6.45, 7) is 7.88. The molecule has 1 aliphatic heterocycles. The van der Waals surface area contributed by atoms with E-state index in [0.29, 0.717) is 0 Å². The van der Waals surface area contributed by atoms with Crippen molar-refractivity contribution in [3.05, 3.63) is 22.6 Å². The lowest BCUT2D eigenvalue weighted by Gasteiger charge is -2.32. The minimum Gasteiger partial charge on any atom is -0.453 e. The quantitative estimate of drug-likeness (QED) is 0.811. The fourth-order valence-corrected chi connectivity index (χ4v) is 2.50. The van der Waals surface area contributed by atoms with Crippen molar-refractivity contribution in [3.8, 4) is 0 Å². The van der Waals surface area contributed by atoms with Gasteiger partial charge in [0.25, 0.3) is 0 Å². The third-order valence-corrected chi connectivity index (χ3v) is 3.78. The smallest absolute Gasteiger partial charge is 0.169 e. The van der Waals surface area contributed by atoms with E-state index in [4.69, 9.17) is 4.42 Å². The van der Waals surface area contributed by atoms with Gasteiger partial charge in [0, 0.05) is 26.2 Å². The summed E-state index contributed by atoms with van der Waals surface area (Å²) in [6.07, 6.45) is 1.20. The van der Waals surface area contributed by atoms with Gasteiger partial charge in [-0.1, -0.05) is 0 Å². The third-order valence-electron chi connectivity index (χ3n) is 3.35. The normalized spacial score (nSPS) is 18.3. The first-order chi connectivity index (χ1) is 8.74. The molecular formula is C13H22BrN3O. The Balaban J connectivity index is 1.51. The van der Waals surface area contributed by atoms with E-state index in [2.05, 4.69) is 38.1 Å². The molecule has 1 saturated heterocycles. The summed E-state index contributed by atoms with van der Waals surface area (Å²) in [5, 5.41) is 3.41. The maximum absolute atomic E-state index is 5.43. The molecule has 0 radical (unpaired) electrons. The zero-order valence-electron chi connectivity index (χ0n) is 11.0. The lowest BCUT2D eigenvalue weighted by atomic mass is 10.3. The van der Waals surface area contributed by atoms with Crippen LogP contribution in [0.5, 0.6) is 0 Å². The molecule has 5 heteroatoms. The van der Waals surface area contributed by atoms with Crippen molar-refractivity contribution >= 4 is 15.9 Å². The van der Waals surface area contributed by atoms with Crippen molar-refractivity contribution in [2.45, 2.75) is 13.0 Å². The SMILES string of the molecule is CN1CCN(CCCNCc2ccc(Br)o2)CC1. The van der Waals surface area contributed by atoms with Crippen LogP contribution in [0.25, 0.3) is 0 Å². The number of likely N-dealkylation sites (N-methyl/N-ethyl adjacent to an activating group) is 1. The van der Waals surface area contributed by atoms with E-state index in [-0.39, 0.29) is 0 Å². The van der Waals surface area contributed by atoms with Crippen molar-refractivity contribution in [1.82, 2.24) is 15.1 Å². The molecule has 0 bridgehead atoms. The molecule has 2 rings (SSSR count). The number of piperazine rings is 1. The summed E-state index contributed by atoms with van der Waals surface area (Å²) < 4.78 is 6.23. The molecule has 0 unspecified atom stereocenters.